The molecule has 0 radical (unpaired) electrons. The zero-order chi connectivity index (χ0) is 22.4. The molecule has 1 fully saturated rings. The van der Waals surface area contributed by atoms with E-state index in [1.54, 1.807) is 35.2 Å². The molecule has 31 heavy (non-hydrogen) atoms. The summed E-state index contributed by atoms with van der Waals surface area (Å²) in [6.45, 7) is 2.11. The highest BCUT2D eigenvalue weighted by molar-refractivity contribution is 6.42. The standard InChI is InChI=1S/C24H27Cl2FN2O2/c1-2-22(24(31)28-19-5-3-4-6-19)29(15-16-7-10-18(27)11-8-16)23(30)14-17-9-12-20(25)21(26)13-17/h7-13,19,22H,2-6,14-15H2,1H3,(H,28,31)/t22-/m0/s1. The fourth-order valence-corrected chi connectivity index (χ4v) is 4.32. The van der Waals surface area contributed by atoms with Gasteiger partial charge in [0.1, 0.15) is 11.9 Å². The SMILES string of the molecule is CC[C@@H](C(=O)NC1CCCC1)N(Cc1ccc(F)cc1)C(=O)Cc1ccc(Cl)c(Cl)c1. The largest absolute Gasteiger partial charge is 0.352 e. The van der Waals surface area contributed by atoms with Crippen molar-refractivity contribution in [2.75, 3.05) is 0 Å². The second kappa shape index (κ2) is 11.0. The fourth-order valence-electron chi connectivity index (χ4n) is 4.00. The number of rotatable bonds is 8. The highest BCUT2D eigenvalue weighted by atomic mass is 35.5. The zero-order valence-corrected chi connectivity index (χ0v) is 19.1. The molecule has 0 aliphatic heterocycles. The number of benzene rings is 2. The van der Waals surface area contributed by atoms with E-state index in [-0.39, 0.29) is 36.6 Å². The van der Waals surface area contributed by atoms with Crippen LogP contribution >= 0.6 is 23.2 Å². The molecule has 0 bridgehead atoms. The number of halogens is 3. The van der Waals surface area contributed by atoms with Crippen LogP contribution in [0.15, 0.2) is 42.5 Å². The van der Waals surface area contributed by atoms with E-state index < -0.39 is 6.04 Å². The van der Waals surface area contributed by atoms with Crippen molar-refractivity contribution in [3.8, 4) is 0 Å². The van der Waals surface area contributed by atoms with Crippen molar-refractivity contribution >= 4 is 35.0 Å². The van der Waals surface area contributed by atoms with Crippen LogP contribution in [-0.2, 0) is 22.6 Å². The summed E-state index contributed by atoms with van der Waals surface area (Å²) < 4.78 is 13.4. The van der Waals surface area contributed by atoms with Gasteiger partial charge in [-0.2, -0.15) is 0 Å². The molecule has 0 saturated heterocycles. The van der Waals surface area contributed by atoms with Gasteiger partial charge in [0.2, 0.25) is 11.8 Å². The van der Waals surface area contributed by atoms with E-state index >= 15 is 0 Å². The first-order valence-corrected chi connectivity index (χ1v) is 11.4. The predicted octanol–water partition coefficient (Wildman–Crippen LogP) is 5.54. The van der Waals surface area contributed by atoms with E-state index in [1.165, 1.54) is 12.1 Å². The minimum atomic E-state index is -0.610. The highest BCUT2D eigenvalue weighted by Crippen LogP contribution is 2.24. The summed E-state index contributed by atoms with van der Waals surface area (Å²) >= 11 is 12.1. The Labute approximate surface area is 192 Å². The van der Waals surface area contributed by atoms with Crippen molar-refractivity contribution in [2.24, 2.45) is 0 Å². The molecule has 1 aliphatic rings. The van der Waals surface area contributed by atoms with Crippen molar-refractivity contribution in [1.29, 1.82) is 0 Å². The van der Waals surface area contributed by atoms with Gasteiger partial charge in [-0.3, -0.25) is 9.59 Å². The maximum absolute atomic E-state index is 13.4. The minimum Gasteiger partial charge on any atom is -0.352 e. The maximum atomic E-state index is 13.4. The first kappa shape index (κ1) is 23.6. The second-order valence-corrected chi connectivity index (χ2v) is 8.80. The van der Waals surface area contributed by atoms with Crippen LogP contribution in [0.3, 0.4) is 0 Å². The van der Waals surface area contributed by atoms with Gasteiger partial charge in [0, 0.05) is 12.6 Å². The molecule has 1 saturated carbocycles. The van der Waals surface area contributed by atoms with Crippen LogP contribution in [0, 0.1) is 5.82 Å². The van der Waals surface area contributed by atoms with Gasteiger partial charge >= 0.3 is 0 Å². The summed E-state index contributed by atoms with van der Waals surface area (Å²) in [7, 11) is 0. The summed E-state index contributed by atoms with van der Waals surface area (Å²) in [5.74, 6) is -0.682. The molecule has 166 valence electrons. The molecule has 2 amide bonds. The first-order valence-electron chi connectivity index (χ1n) is 10.7. The van der Waals surface area contributed by atoms with Gasteiger partial charge in [-0.1, -0.05) is 61.2 Å². The van der Waals surface area contributed by atoms with Gasteiger partial charge in [-0.15, -0.1) is 0 Å². The number of amides is 2. The molecule has 4 nitrogen and oxygen atoms in total. The smallest absolute Gasteiger partial charge is 0.243 e. The third kappa shape index (κ3) is 6.44. The molecule has 0 unspecified atom stereocenters. The van der Waals surface area contributed by atoms with Gasteiger partial charge in [-0.05, 0) is 54.7 Å². The molecule has 0 heterocycles. The molecule has 0 aromatic heterocycles. The van der Waals surface area contributed by atoms with Gasteiger partial charge in [0.05, 0.1) is 16.5 Å². The Kier molecular flexibility index (Phi) is 8.33. The van der Waals surface area contributed by atoms with Crippen LogP contribution in [0.4, 0.5) is 4.39 Å². The Bertz CT molecular complexity index is 914. The lowest BCUT2D eigenvalue weighted by molar-refractivity contribution is -0.141. The van der Waals surface area contributed by atoms with E-state index in [2.05, 4.69) is 5.32 Å². The monoisotopic (exact) mass is 464 g/mol. The van der Waals surface area contributed by atoms with E-state index in [4.69, 9.17) is 23.2 Å². The lowest BCUT2D eigenvalue weighted by Gasteiger charge is -2.31. The second-order valence-electron chi connectivity index (χ2n) is 7.99. The number of carbonyl (C=O) groups is 2. The van der Waals surface area contributed by atoms with Crippen LogP contribution in [0.2, 0.25) is 10.0 Å². The maximum Gasteiger partial charge on any atom is 0.243 e. The van der Waals surface area contributed by atoms with Crippen LogP contribution in [0.25, 0.3) is 0 Å². The predicted molar refractivity (Wildman–Crippen MR) is 122 cm³/mol. The molecule has 2 aromatic rings. The van der Waals surface area contributed by atoms with E-state index in [0.717, 1.165) is 36.8 Å². The average molecular weight is 465 g/mol. The van der Waals surface area contributed by atoms with Crippen molar-refractivity contribution < 1.29 is 14.0 Å². The Hall–Kier alpha value is -2.11. The van der Waals surface area contributed by atoms with Crippen LogP contribution in [-0.4, -0.2) is 28.8 Å². The highest BCUT2D eigenvalue weighted by Gasteiger charge is 2.30. The molecule has 0 spiro atoms. The third-order valence-electron chi connectivity index (χ3n) is 5.69. The molecule has 1 aliphatic carbocycles. The number of nitrogens with zero attached hydrogens (tertiary/aromatic N) is 1. The number of hydrogen-bond acceptors (Lipinski definition) is 2. The molecule has 2 aromatic carbocycles. The van der Waals surface area contributed by atoms with E-state index in [0.29, 0.717) is 16.5 Å². The summed E-state index contributed by atoms with van der Waals surface area (Å²) in [6.07, 6.45) is 4.72. The van der Waals surface area contributed by atoms with Crippen molar-refractivity contribution in [1.82, 2.24) is 10.2 Å². The lowest BCUT2D eigenvalue weighted by Crippen LogP contribution is -2.51. The topological polar surface area (TPSA) is 49.4 Å². The lowest BCUT2D eigenvalue weighted by atomic mass is 10.1. The zero-order valence-electron chi connectivity index (χ0n) is 17.5. The van der Waals surface area contributed by atoms with Crippen molar-refractivity contribution in [3.05, 3.63) is 69.5 Å². The molecular formula is C24H27Cl2FN2O2. The molecule has 1 atom stereocenters. The summed E-state index contributed by atoms with van der Waals surface area (Å²) in [4.78, 5) is 28.0. The number of carbonyl (C=O) groups excluding carboxylic acids is 2. The van der Waals surface area contributed by atoms with Crippen LogP contribution in [0.1, 0.15) is 50.2 Å². The summed E-state index contributed by atoms with van der Waals surface area (Å²) in [5, 5.41) is 3.91. The van der Waals surface area contributed by atoms with Crippen molar-refractivity contribution in [2.45, 2.75) is 64.1 Å². The Morgan fingerprint density at radius 1 is 1.06 bits per heavy atom. The summed E-state index contributed by atoms with van der Waals surface area (Å²) in [6, 6.07) is 10.6. The quantitative estimate of drug-likeness (QED) is 0.557. The van der Waals surface area contributed by atoms with Gasteiger partial charge in [0.15, 0.2) is 0 Å². The molecule has 3 rings (SSSR count). The molecule has 7 heteroatoms. The van der Waals surface area contributed by atoms with E-state index in [1.807, 2.05) is 6.92 Å². The Morgan fingerprint density at radius 3 is 2.32 bits per heavy atom. The Balaban J connectivity index is 1.82. The first-order chi connectivity index (χ1) is 14.9. The van der Waals surface area contributed by atoms with Gasteiger partial charge in [-0.25, -0.2) is 4.39 Å². The van der Waals surface area contributed by atoms with E-state index in [9.17, 15) is 14.0 Å². The van der Waals surface area contributed by atoms with Gasteiger partial charge < -0.3 is 10.2 Å². The normalized spacial score (nSPS) is 15.0. The molecule has 1 N–H and O–H groups in total. The Morgan fingerprint density at radius 2 is 1.71 bits per heavy atom. The minimum absolute atomic E-state index is 0.0886. The van der Waals surface area contributed by atoms with Crippen molar-refractivity contribution in [3.63, 3.8) is 0 Å². The van der Waals surface area contributed by atoms with Crippen LogP contribution in [0.5, 0.6) is 0 Å². The fraction of sp³-hybridized carbons (Fsp3) is 0.417. The van der Waals surface area contributed by atoms with Gasteiger partial charge in [0.25, 0.3) is 0 Å². The van der Waals surface area contributed by atoms with Crippen LogP contribution < -0.4 is 5.32 Å². The third-order valence-corrected chi connectivity index (χ3v) is 6.43. The summed E-state index contributed by atoms with van der Waals surface area (Å²) in [5.41, 5.74) is 1.48. The number of hydrogen-bond donors (Lipinski definition) is 1. The average Bonchev–Trinajstić information content (AvgIpc) is 3.25. The molecular weight excluding hydrogens is 438 g/mol. The number of nitrogens with one attached hydrogen (secondary N) is 1.